The zero-order valence-electron chi connectivity index (χ0n) is 10.2. The third-order valence-corrected chi connectivity index (χ3v) is 3.37. The van der Waals surface area contributed by atoms with Crippen LogP contribution in [-0.2, 0) is 4.74 Å². The van der Waals surface area contributed by atoms with Crippen LogP contribution in [0.2, 0.25) is 0 Å². The average Bonchev–Trinajstić information content (AvgIpc) is 2.37. The highest BCUT2D eigenvalue weighted by Gasteiger charge is 2.43. The van der Waals surface area contributed by atoms with Crippen molar-refractivity contribution >= 4 is 17.3 Å². The summed E-state index contributed by atoms with van der Waals surface area (Å²) in [5, 5.41) is 10.3. The van der Waals surface area contributed by atoms with Crippen molar-refractivity contribution < 1.29 is 18.8 Å². The van der Waals surface area contributed by atoms with Crippen LogP contribution >= 0.6 is 11.6 Å². The van der Waals surface area contributed by atoms with Crippen LogP contribution in [0.25, 0.3) is 0 Å². The predicted molar refractivity (Wildman–Crippen MR) is 67.1 cm³/mol. The van der Waals surface area contributed by atoms with Crippen LogP contribution in [0.5, 0.6) is 5.75 Å². The summed E-state index contributed by atoms with van der Waals surface area (Å²) in [6.07, 6.45) is -0.0393. The van der Waals surface area contributed by atoms with E-state index in [-0.39, 0.29) is 29.0 Å². The fourth-order valence-electron chi connectivity index (χ4n) is 1.91. The van der Waals surface area contributed by atoms with Crippen LogP contribution in [0, 0.1) is 15.9 Å². The predicted octanol–water partition coefficient (Wildman–Crippen LogP) is 2.90. The standard InChI is InChI=1S/C12H13ClFNO4/c1-2-18-12-8(13)6-11(12)19-10-4-3-7(15(16)17)5-9(10)14/h3-5,8,11-12H,2,6H2,1H3. The quantitative estimate of drug-likeness (QED) is 0.475. The summed E-state index contributed by atoms with van der Waals surface area (Å²) in [6, 6.07) is 3.28. The second-order valence-corrected chi connectivity index (χ2v) is 4.76. The van der Waals surface area contributed by atoms with Gasteiger partial charge < -0.3 is 9.47 Å². The summed E-state index contributed by atoms with van der Waals surface area (Å²) in [6.45, 7) is 2.34. The van der Waals surface area contributed by atoms with E-state index in [1.165, 1.54) is 12.1 Å². The Bertz CT molecular complexity index is 485. The summed E-state index contributed by atoms with van der Waals surface area (Å²) >= 11 is 5.97. The van der Waals surface area contributed by atoms with Crippen molar-refractivity contribution in [3.63, 3.8) is 0 Å². The van der Waals surface area contributed by atoms with Crippen molar-refractivity contribution in [1.82, 2.24) is 0 Å². The molecule has 0 N–H and O–H groups in total. The van der Waals surface area contributed by atoms with E-state index >= 15 is 0 Å². The van der Waals surface area contributed by atoms with Crippen LogP contribution in [0.1, 0.15) is 13.3 Å². The summed E-state index contributed by atoms with van der Waals surface area (Å²) in [4.78, 5) is 9.84. The molecule has 2 rings (SSSR count). The number of ether oxygens (including phenoxy) is 2. The normalized spacial score (nSPS) is 25.7. The van der Waals surface area contributed by atoms with Gasteiger partial charge in [0.05, 0.1) is 16.4 Å². The summed E-state index contributed by atoms with van der Waals surface area (Å²) in [7, 11) is 0. The third-order valence-electron chi connectivity index (χ3n) is 2.94. The lowest BCUT2D eigenvalue weighted by Gasteiger charge is -2.40. The van der Waals surface area contributed by atoms with Crippen molar-refractivity contribution in [2.75, 3.05) is 6.61 Å². The Labute approximate surface area is 114 Å². The molecule has 1 aromatic carbocycles. The monoisotopic (exact) mass is 289 g/mol. The molecular weight excluding hydrogens is 277 g/mol. The van der Waals surface area contributed by atoms with Crippen molar-refractivity contribution in [1.29, 1.82) is 0 Å². The number of nitro groups is 1. The molecule has 104 valence electrons. The zero-order chi connectivity index (χ0) is 14.0. The molecule has 0 amide bonds. The van der Waals surface area contributed by atoms with Crippen molar-refractivity contribution in [3.05, 3.63) is 34.1 Å². The summed E-state index contributed by atoms with van der Waals surface area (Å²) < 4.78 is 24.5. The van der Waals surface area contributed by atoms with Crippen LogP contribution in [0.15, 0.2) is 18.2 Å². The van der Waals surface area contributed by atoms with Crippen LogP contribution < -0.4 is 4.74 Å². The van der Waals surface area contributed by atoms with Gasteiger partial charge in [0.25, 0.3) is 5.69 Å². The van der Waals surface area contributed by atoms with E-state index in [1.54, 1.807) is 0 Å². The summed E-state index contributed by atoms with van der Waals surface area (Å²) in [5.74, 6) is -0.786. The van der Waals surface area contributed by atoms with Gasteiger partial charge in [-0.3, -0.25) is 10.1 Å². The van der Waals surface area contributed by atoms with Crippen LogP contribution in [0.4, 0.5) is 10.1 Å². The first kappa shape index (κ1) is 14.0. The van der Waals surface area contributed by atoms with Gasteiger partial charge in [-0.15, -0.1) is 11.6 Å². The van der Waals surface area contributed by atoms with E-state index in [1.807, 2.05) is 6.92 Å². The van der Waals surface area contributed by atoms with Gasteiger partial charge in [0.1, 0.15) is 12.2 Å². The largest absolute Gasteiger partial charge is 0.485 e. The molecule has 0 heterocycles. The number of rotatable bonds is 5. The lowest BCUT2D eigenvalue weighted by atomic mass is 9.91. The SMILES string of the molecule is CCOC1C(Cl)CC1Oc1ccc([N+](=O)[O-])cc1F. The topological polar surface area (TPSA) is 61.6 Å². The number of hydrogen-bond acceptors (Lipinski definition) is 4. The van der Waals surface area contributed by atoms with Gasteiger partial charge in [0, 0.05) is 19.1 Å². The molecule has 0 saturated heterocycles. The zero-order valence-corrected chi connectivity index (χ0v) is 11.0. The van der Waals surface area contributed by atoms with Gasteiger partial charge in [-0.2, -0.15) is 0 Å². The molecule has 0 spiro atoms. The third kappa shape index (κ3) is 2.96. The first-order chi connectivity index (χ1) is 9.02. The highest BCUT2D eigenvalue weighted by Crippen LogP contribution is 2.34. The number of halogens is 2. The molecule has 1 fully saturated rings. The van der Waals surface area contributed by atoms with E-state index < -0.39 is 10.7 Å². The fourth-order valence-corrected chi connectivity index (χ4v) is 2.32. The molecule has 0 aliphatic heterocycles. The Hall–Kier alpha value is -1.40. The van der Waals surface area contributed by atoms with E-state index in [0.717, 1.165) is 6.07 Å². The number of nitro benzene ring substituents is 1. The maximum atomic E-state index is 13.6. The first-order valence-electron chi connectivity index (χ1n) is 5.89. The Balaban J connectivity index is 2.05. The maximum Gasteiger partial charge on any atom is 0.272 e. The van der Waals surface area contributed by atoms with Crippen molar-refractivity contribution in [2.24, 2.45) is 0 Å². The Morgan fingerprint density at radius 2 is 2.32 bits per heavy atom. The molecule has 3 atom stereocenters. The van der Waals surface area contributed by atoms with Crippen LogP contribution in [-0.4, -0.2) is 29.1 Å². The van der Waals surface area contributed by atoms with Gasteiger partial charge in [-0.05, 0) is 13.0 Å². The number of benzene rings is 1. The minimum atomic E-state index is -0.762. The molecule has 0 radical (unpaired) electrons. The lowest BCUT2D eigenvalue weighted by Crippen LogP contribution is -2.52. The molecule has 1 aliphatic rings. The number of hydrogen-bond donors (Lipinski definition) is 0. The van der Waals surface area contributed by atoms with Crippen molar-refractivity contribution in [3.8, 4) is 5.75 Å². The molecule has 1 aliphatic carbocycles. The maximum absolute atomic E-state index is 13.6. The van der Waals surface area contributed by atoms with Gasteiger partial charge in [0.2, 0.25) is 0 Å². The van der Waals surface area contributed by atoms with E-state index in [0.29, 0.717) is 13.0 Å². The number of non-ortho nitro benzene ring substituents is 1. The highest BCUT2D eigenvalue weighted by atomic mass is 35.5. The second kappa shape index (κ2) is 5.71. The lowest BCUT2D eigenvalue weighted by molar-refractivity contribution is -0.385. The van der Waals surface area contributed by atoms with E-state index in [2.05, 4.69) is 0 Å². The molecule has 0 aromatic heterocycles. The Morgan fingerprint density at radius 1 is 1.58 bits per heavy atom. The van der Waals surface area contributed by atoms with E-state index in [4.69, 9.17) is 21.1 Å². The van der Waals surface area contributed by atoms with Gasteiger partial charge in [0.15, 0.2) is 11.6 Å². The minimum absolute atomic E-state index is 0.0242. The van der Waals surface area contributed by atoms with Crippen LogP contribution in [0.3, 0.4) is 0 Å². The van der Waals surface area contributed by atoms with Gasteiger partial charge in [-0.1, -0.05) is 0 Å². The minimum Gasteiger partial charge on any atom is -0.485 e. The molecule has 3 unspecified atom stereocenters. The molecule has 1 aromatic rings. The Kier molecular flexibility index (Phi) is 4.21. The molecule has 1 saturated carbocycles. The smallest absolute Gasteiger partial charge is 0.272 e. The Morgan fingerprint density at radius 3 is 2.84 bits per heavy atom. The number of nitrogens with zero attached hydrogens (tertiary/aromatic N) is 1. The highest BCUT2D eigenvalue weighted by molar-refractivity contribution is 6.21. The molecular formula is C12H13ClFNO4. The average molecular weight is 290 g/mol. The van der Waals surface area contributed by atoms with Gasteiger partial charge in [-0.25, -0.2) is 4.39 Å². The second-order valence-electron chi connectivity index (χ2n) is 4.20. The molecule has 0 bridgehead atoms. The first-order valence-corrected chi connectivity index (χ1v) is 6.32. The van der Waals surface area contributed by atoms with E-state index in [9.17, 15) is 14.5 Å². The molecule has 5 nitrogen and oxygen atoms in total. The van der Waals surface area contributed by atoms with Crippen molar-refractivity contribution in [2.45, 2.75) is 30.9 Å². The molecule has 7 heteroatoms. The fraction of sp³-hybridized carbons (Fsp3) is 0.500. The number of alkyl halides is 1. The summed E-state index contributed by atoms with van der Waals surface area (Å²) in [5.41, 5.74) is -0.310. The van der Waals surface area contributed by atoms with Gasteiger partial charge >= 0.3 is 0 Å². The molecule has 19 heavy (non-hydrogen) atoms.